The van der Waals surface area contributed by atoms with Crippen LogP contribution in [0.3, 0.4) is 0 Å². The Balaban J connectivity index is 2.20. The molecule has 4 nitrogen and oxygen atoms in total. The Morgan fingerprint density at radius 1 is 1.50 bits per heavy atom. The van der Waals surface area contributed by atoms with Gasteiger partial charge in [-0.3, -0.25) is 4.79 Å². The van der Waals surface area contributed by atoms with Crippen molar-refractivity contribution in [2.75, 3.05) is 5.32 Å². The summed E-state index contributed by atoms with van der Waals surface area (Å²) in [4.78, 5) is 18.8. The minimum Gasteiger partial charge on any atom is -0.366 e. The largest absolute Gasteiger partial charge is 0.366 e. The third-order valence-corrected chi connectivity index (χ3v) is 3.44. The smallest absolute Gasteiger partial charge is 0.156 e. The van der Waals surface area contributed by atoms with Gasteiger partial charge in [0, 0.05) is 6.04 Å². The quantitative estimate of drug-likeness (QED) is 0.651. The van der Waals surface area contributed by atoms with Crippen LogP contribution in [0.15, 0.2) is 6.33 Å². The van der Waals surface area contributed by atoms with Crippen LogP contribution in [0.4, 0.5) is 5.82 Å². The summed E-state index contributed by atoms with van der Waals surface area (Å²) in [6.07, 6.45) is 5.61. The lowest BCUT2D eigenvalue weighted by Crippen LogP contribution is -2.23. The molecule has 16 heavy (non-hydrogen) atoms. The summed E-state index contributed by atoms with van der Waals surface area (Å²) >= 11 is 5.83. The summed E-state index contributed by atoms with van der Waals surface area (Å²) in [6, 6.07) is 0.379. The fourth-order valence-corrected chi connectivity index (χ4v) is 2.31. The average Bonchev–Trinajstić information content (AvgIpc) is 2.65. The van der Waals surface area contributed by atoms with Crippen LogP contribution in [0, 0.1) is 5.92 Å². The molecule has 2 rings (SSSR count). The average molecular weight is 240 g/mol. The second-order valence-electron chi connectivity index (χ2n) is 4.20. The van der Waals surface area contributed by atoms with Crippen molar-refractivity contribution in [2.24, 2.45) is 5.92 Å². The zero-order valence-electron chi connectivity index (χ0n) is 9.11. The van der Waals surface area contributed by atoms with Gasteiger partial charge < -0.3 is 5.32 Å². The van der Waals surface area contributed by atoms with Crippen LogP contribution in [0.2, 0.25) is 5.15 Å². The monoisotopic (exact) mass is 239 g/mol. The Kier molecular flexibility index (Phi) is 3.39. The number of hydrogen-bond donors (Lipinski definition) is 1. The maximum Gasteiger partial charge on any atom is 0.156 e. The predicted octanol–water partition coefficient (Wildman–Crippen LogP) is 2.54. The van der Waals surface area contributed by atoms with Gasteiger partial charge in [-0.2, -0.15) is 0 Å². The van der Waals surface area contributed by atoms with Gasteiger partial charge in [-0.15, -0.1) is 0 Å². The van der Waals surface area contributed by atoms with E-state index in [-0.39, 0.29) is 5.15 Å². The van der Waals surface area contributed by atoms with Gasteiger partial charge in [0.25, 0.3) is 0 Å². The Morgan fingerprint density at radius 3 is 2.94 bits per heavy atom. The van der Waals surface area contributed by atoms with Crippen molar-refractivity contribution in [2.45, 2.75) is 32.2 Å². The first kappa shape index (κ1) is 11.3. The molecule has 0 bridgehead atoms. The normalized spacial score (nSPS) is 24.4. The Morgan fingerprint density at radius 2 is 2.31 bits per heavy atom. The summed E-state index contributed by atoms with van der Waals surface area (Å²) in [5.74, 6) is 1.15. The van der Waals surface area contributed by atoms with Crippen LogP contribution in [-0.4, -0.2) is 22.3 Å². The zero-order valence-corrected chi connectivity index (χ0v) is 9.87. The van der Waals surface area contributed by atoms with Gasteiger partial charge in [-0.05, 0) is 18.8 Å². The Labute approximate surface area is 99.4 Å². The van der Waals surface area contributed by atoms with Gasteiger partial charge >= 0.3 is 0 Å². The SMILES string of the molecule is CC1CCCC1Nc1ncnc(Cl)c1C=O. The molecular formula is C11H14ClN3O. The second-order valence-corrected chi connectivity index (χ2v) is 4.56. The third-order valence-electron chi connectivity index (χ3n) is 3.14. The van der Waals surface area contributed by atoms with Crippen molar-refractivity contribution in [3.8, 4) is 0 Å². The predicted molar refractivity (Wildman–Crippen MR) is 62.9 cm³/mol. The molecular weight excluding hydrogens is 226 g/mol. The number of carbonyl (C=O) groups excluding carboxylic acids is 1. The third kappa shape index (κ3) is 2.16. The zero-order chi connectivity index (χ0) is 11.5. The van der Waals surface area contributed by atoms with Crippen LogP contribution in [-0.2, 0) is 0 Å². The number of carbonyl (C=O) groups is 1. The molecule has 1 aromatic rings. The van der Waals surface area contributed by atoms with Gasteiger partial charge in [0.15, 0.2) is 6.29 Å². The fraction of sp³-hybridized carbons (Fsp3) is 0.545. The van der Waals surface area contributed by atoms with Crippen molar-refractivity contribution >= 4 is 23.7 Å². The number of aromatic nitrogens is 2. The lowest BCUT2D eigenvalue weighted by Gasteiger charge is -2.18. The van der Waals surface area contributed by atoms with Crippen molar-refractivity contribution in [3.05, 3.63) is 17.0 Å². The lowest BCUT2D eigenvalue weighted by atomic mass is 10.1. The molecule has 0 amide bonds. The van der Waals surface area contributed by atoms with E-state index in [1.807, 2.05) is 0 Å². The van der Waals surface area contributed by atoms with Crippen LogP contribution in [0.1, 0.15) is 36.5 Å². The molecule has 0 saturated heterocycles. The Bertz CT molecular complexity index is 397. The van der Waals surface area contributed by atoms with Gasteiger partial charge in [-0.1, -0.05) is 24.9 Å². The van der Waals surface area contributed by atoms with Gasteiger partial charge in [0.05, 0.1) is 5.56 Å². The first-order valence-electron chi connectivity index (χ1n) is 5.44. The van der Waals surface area contributed by atoms with E-state index in [1.54, 1.807) is 0 Å². The van der Waals surface area contributed by atoms with Crippen LogP contribution >= 0.6 is 11.6 Å². The summed E-state index contributed by atoms with van der Waals surface area (Å²) < 4.78 is 0. The number of anilines is 1. The maximum atomic E-state index is 10.9. The van der Waals surface area contributed by atoms with Crippen molar-refractivity contribution in [1.29, 1.82) is 0 Å². The minimum absolute atomic E-state index is 0.207. The van der Waals surface area contributed by atoms with E-state index < -0.39 is 0 Å². The molecule has 1 aliphatic rings. The van der Waals surface area contributed by atoms with Gasteiger partial charge in [-0.25, -0.2) is 9.97 Å². The number of rotatable bonds is 3. The molecule has 86 valence electrons. The fourth-order valence-electron chi connectivity index (χ4n) is 2.13. The summed E-state index contributed by atoms with van der Waals surface area (Å²) in [5.41, 5.74) is 0.350. The first-order valence-corrected chi connectivity index (χ1v) is 5.82. The van der Waals surface area contributed by atoms with Crippen LogP contribution < -0.4 is 5.32 Å². The molecule has 0 aromatic carbocycles. The maximum absolute atomic E-state index is 10.9. The van der Waals surface area contributed by atoms with Crippen molar-refractivity contribution in [3.63, 3.8) is 0 Å². The summed E-state index contributed by atoms with van der Waals surface area (Å²) in [5, 5.41) is 3.49. The molecule has 0 aliphatic heterocycles. The summed E-state index contributed by atoms with van der Waals surface area (Å²) in [7, 11) is 0. The highest BCUT2D eigenvalue weighted by Gasteiger charge is 2.24. The first-order chi connectivity index (χ1) is 7.72. The number of aldehydes is 1. The molecule has 2 unspecified atom stereocenters. The van der Waals surface area contributed by atoms with E-state index in [2.05, 4.69) is 22.2 Å². The van der Waals surface area contributed by atoms with Crippen LogP contribution in [0.25, 0.3) is 0 Å². The second kappa shape index (κ2) is 4.78. The lowest BCUT2D eigenvalue weighted by molar-refractivity contribution is 0.112. The highest BCUT2D eigenvalue weighted by atomic mass is 35.5. The number of nitrogens with one attached hydrogen (secondary N) is 1. The highest BCUT2D eigenvalue weighted by Crippen LogP contribution is 2.28. The minimum atomic E-state index is 0.207. The number of nitrogens with zero attached hydrogens (tertiary/aromatic N) is 2. The molecule has 1 saturated carbocycles. The van der Waals surface area contributed by atoms with Crippen molar-refractivity contribution < 1.29 is 4.79 Å². The van der Waals surface area contributed by atoms with Crippen molar-refractivity contribution in [1.82, 2.24) is 9.97 Å². The molecule has 1 fully saturated rings. The van der Waals surface area contributed by atoms with E-state index in [9.17, 15) is 4.79 Å². The molecule has 1 aromatic heterocycles. The number of halogens is 1. The molecule has 1 N–H and O–H groups in total. The van der Waals surface area contributed by atoms with E-state index in [4.69, 9.17) is 11.6 Å². The number of hydrogen-bond acceptors (Lipinski definition) is 4. The molecule has 1 aliphatic carbocycles. The molecule has 0 radical (unpaired) electrons. The molecule has 2 atom stereocenters. The highest BCUT2D eigenvalue weighted by molar-refractivity contribution is 6.32. The Hall–Kier alpha value is -1.16. The summed E-state index contributed by atoms with van der Waals surface area (Å²) in [6.45, 7) is 2.20. The van der Waals surface area contributed by atoms with Crippen LogP contribution in [0.5, 0.6) is 0 Å². The molecule has 1 heterocycles. The van der Waals surface area contributed by atoms with E-state index in [0.717, 1.165) is 6.42 Å². The van der Waals surface area contributed by atoms with E-state index in [1.165, 1.54) is 19.2 Å². The topological polar surface area (TPSA) is 54.9 Å². The molecule has 0 spiro atoms. The van der Waals surface area contributed by atoms with E-state index in [0.29, 0.717) is 29.6 Å². The van der Waals surface area contributed by atoms with Gasteiger partial charge in [0.2, 0.25) is 0 Å². The standard InChI is InChI=1S/C11H14ClN3O/c1-7-3-2-4-9(7)15-11-8(5-16)10(12)13-6-14-11/h5-7,9H,2-4H2,1H3,(H,13,14,15). The van der Waals surface area contributed by atoms with Gasteiger partial charge in [0.1, 0.15) is 17.3 Å². The van der Waals surface area contributed by atoms with E-state index >= 15 is 0 Å². The molecule has 5 heteroatoms.